The minimum Gasteiger partial charge on any atom is -0.508 e. The minimum absolute atomic E-state index is 0.0162. The molecule has 4 unspecified atom stereocenters. The number of phenolic OH excluding ortho intramolecular Hbond substituents is 1. The number of anilines is 2. The maximum absolute atomic E-state index is 13.3. The predicted molar refractivity (Wildman–Crippen MR) is 140 cm³/mol. The highest BCUT2D eigenvalue weighted by Crippen LogP contribution is 2.37. The van der Waals surface area contributed by atoms with Crippen LogP contribution in [0.2, 0.25) is 0 Å². The molecule has 0 bridgehead atoms. The lowest BCUT2D eigenvalue weighted by Gasteiger charge is -2.44. The number of nitrogens with one attached hydrogen (secondary N) is 3. The summed E-state index contributed by atoms with van der Waals surface area (Å²) < 4.78 is 0. The van der Waals surface area contributed by atoms with E-state index in [4.69, 9.17) is 0 Å². The molecule has 1 amide bonds. The van der Waals surface area contributed by atoms with Gasteiger partial charge in [-0.15, -0.1) is 0 Å². The van der Waals surface area contributed by atoms with Crippen molar-refractivity contribution >= 4 is 17.3 Å². The average molecular weight is 475 g/mol. The van der Waals surface area contributed by atoms with Crippen molar-refractivity contribution in [2.24, 2.45) is 5.92 Å². The molecule has 4 aliphatic rings. The van der Waals surface area contributed by atoms with Gasteiger partial charge in [0, 0.05) is 43.0 Å². The lowest BCUT2D eigenvalue weighted by molar-refractivity contribution is -0.122. The summed E-state index contributed by atoms with van der Waals surface area (Å²) in [5.74, 6) is 1.16. The van der Waals surface area contributed by atoms with E-state index in [0.29, 0.717) is 6.42 Å². The summed E-state index contributed by atoms with van der Waals surface area (Å²) in [4.78, 5) is 16.0. The van der Waals surface area contributed by atoms with Crippen LogP contribution in [-0.2, 0) is 17.8 Å². The summed E-state index contributed by atoms with van der Waals surface area (Å²) in [7, 11) is 0. The molecule has 35 heavy (non-hydrogen) atoms. The highest BCUT2D eigenvalue weighted by atomic mass is 16.3. The second-order valence-corrected chi connectivity index (χ2v) is 11.1. The molecule has 1 aliphatic carbocycles. The Balaban J connectivity index is 1.16. The summed E-state index contributed by atoms with van der Waals surface area (Å²) in [5.41, 5.74) is 6.73. The van der Waals surface area contributed by atoms with Crippen LogP contribution in [0.4, 0.5) is 11.4 Å². The van der Waals surface area contributed by atoms with Crippen LogP contribution in [-0.4, -0.2) is 41.1 Å². The van der Waals surface area contributed by atoms with Gasteiger partial charge in [-0.2, -0.15) is 0 Å². The third kappa shape index (κ3) is 4.49. The van der Waals surface area contributed by atoms with E-state index in [9.17, 15) is 9.90 Å². The highest BCUT2D eigenvalue weighted by molar-refractivity contribution is 5.88. The van der Waals surface area contributed by atoms with Gasteiger partial charge >= 0.3 is 0 Å². The Morgan fingerprint density at radius 2 is 1.94 bits per heavy atom. The number of fused-ring (bicyclic) bond motifs is 3. The monoisotopic (exact) mass is 474 g/mol. The molecule has 6 heteroatoms. The zero-order chi connectivity index (χ0) is 23.9. The molecule has 0 radical (unpaired) electrons. The van der Waals surface area contributed by atoms with Gasteiger partial charge in [-0.3, -0.25) is 9.69 Å². The summed E-state index contributed by atoms with van der Waals surface area (Å²) in [6.07, 6.45) is 9.80. The van der Waals surface area contributed by atoms with E-state index in [1.54, 1.807) is 12.1 Å². The van der Waals surface area contributed by atoms with Crippen molar-refractivity contribution in [2.45, 2.75) is 83.0 Å². The number of phenols is 1. The Morgan fingerprint density at radius 3 is 2.86 bits per heavy atom. The molecule has 4 atom stereocenters. The number of carbonyl (C=O) groups is 1. The lowest BCUT2D eigenvalue weighted by Crippen LogP contribution is -2.46. The van der Waals surface area contributed by atoms with Gasteiger partial charge in [0.15, 0.2) is 0 Å². The molecule has 6 rings (SSSR count). The fraction of sp³-hybridized carbons (Fsp3) is 0.552. The minimum atomic E-state index is -0.302. The van der Waals surface area contributed by atoms with Crippen LogP contribution in [0.1, 0.15) is 73.2 Å². The van der Waals surface area contributed by atoms with E-state index >= 15 is 0 Å². The van der Waals surface area contributed by atoms with Crippen molar-refractivity contribution in [3.63, 3.8) is 0 Å². The molecule has 3 heterocycles. The topological polar surface area (TPSA) is 76.6 Å². The number of carbonyl (C=O) groups excluding carboxylic acids is 1. The molecule has 2 aromatic carbocycles. The number of benzene rings is 2. The quantitative estimate of drug-likeness (QED) is 0.509. The lowest BCUT2D eigenvalue weighted by atomic mass is 9.78. The van der Waals surface area contributed by atoms with Gasteiger partial charge in [0.05, 0.1) is 6.04 Å². The first-order valence-corrected chi connectivity index (χ1v) is 13.6. The van der Waals surface area contributed by atoms with Crippen LogP contribution in [0, 0.1) is 12.8 Å². The number of hydrogen-bond acceptors (Lipinski definition) is 5. The van der Waals surface area contributed by atoms with Gasteiger partial charge in [0.25, 0.3) is 0 Å². The maximum atomic E-state index is 13.3. The molecular weight excluding hydrogens is 436 g/mol. The Bertz CT molecular complexity index is 1110. The average Bonchev–Trinajstić information content (AvgIpc) is 3.29. The van der Waals surface area contributed by atoms with Gasteiger partial charge < -0.3 is 21.1 Å². The SMILES string of the molecule is Cc1cc(O)cc2c1CC(C(=O)NC1CCNc3ccc(CN4CCCC5CCCCC54)cc31)N2. The zero-order valence-electron chi connectivity index (χ0n) is 20.8. The van der Waals surface area contributed by atoms with Crippen molar-refractivity contribution in [3.8, 4) is 5.75 Å². The molecular formula is C29H38N4O2. The summed E-state index contributed by atoms with van der Waals surface area (Å²) in [6, 6.07) is 10.8. The van der Waals surface area contributed by atoms with E-state index in [1.807, 2.05) is 6.92 Å². The molecule has 1 saturated carbocycles. The molecule has 2 aromatic rings. The molecule has 2 fully saturated rings. The maximum Gasteiger partial charge on any atom is 0.243 e. The summed E-state index contributed by atoms with van der Waals surface area (Å²) in [6.45, 7) is 5.07. The van der Waals surface area contributed by atoms with E-state index in [2.05, 4.69) is 39.0 Å². The zero-order valence-corrected chi connectivity index (χ0v) is 20.8. The standard InChI is InChI=1S/C29H38N4O2/c1-18-13-21(34)15-26-22(18)16-27(31-26)29(35)32-25-10-11-30-24-9-8-19(14-23(24)25)17-33-12-4-6-20-5-2-3-7-28(20)33/h8-9,13-15,20,25,27-28,30-31,34H,2-7,10-12,16-17H2,1H3,(H,32,35). The first-order chi connectivity index (χ1) is 17.0. The van der Waals surface area contributed by atoms with Crippen molar-refractivity contribution in [1.29, 1.82) is 0 Å². The Kier molecular flexibility index (Phi) is 6.09. The molecule has 4 N–H and O–H groups in total. The third-order valence-electron chi connectivity index (χ3n) is 8.81. The smallest absolute Gasteiger partial charge is 0.243 e. The van der Waals surface area contributed by atoms with Gasteiger partial charge in [0.1, 0.15) is 11.8 Å². The number of aryl methyl sites for hydroxylation is 1. The van der Waals surface area contributed by atoms with E-state index in [-0.39, 0.29) is 23.7 Å². The number of aromatic hydroxyl groups is 1. The van der Waals surface area contributed by atoms with Crippen LogP contribution in [0.3, 0.4) is 0 Å². The first kappa shape index (κ1) is 22.7. The predicted octanol–water partition coefficient (Wildman–Crippen LogP) is 4.86. The van der Waals surface area contributed by atoms with E-state index < -0.39 is 0 Å². The molecule has 1 saturated heterocycles. The number of piperidine rings is 1. The van der Waals surface area contributed by atoms with Crippen molar-refractivity contribution < 1.29 is 9.90 Å². The van der Waals surface area contributed by atoms with Gasteiger partial charge in [0.2, 0.25) is 5.91 Å². The fourth-order valence-electron chi connectivity index (χ4n) is 7.05. The van der Waals surface area contributed by atoms with Crippen LogP contribution in [0.25, 0.3) is 0 Å². The molecule has 0 aromatic heterocycles. The van der Waals surface area contributed by atoms with Crippen molar-refractivity contribution in [2.75, 3.05) is 23.7 Å². The summed E-state index contributed by atoms with van der Waals surface area (Å²) >= 11 is 0. The number of likely N-dealkylation sites (tertiary alicyclic amines) is 1. The summed E-state index contributed by atoms with van der Waals surface area (Å²) in [5, 5.41) is 20.1. The number of hydrogen-bond donors (Lipinski definition) is 4. The van der Waals surface area contributed by atoms with Crippen LogP contribution in [0.15, 0.2) is 30.3 Å². The van der Waals surface area contributed by atoms with Gasteiger partial charge in [-0.1, -0.05) is 25.0 Å². The second-order valence-electron chi connectivity index (χ2n) is 11.1. The Labute approximate surface area is 208 Å². The van der Waals surface area contributed by atoms with Crippen LogP contribution in [0.5, 0.6) is 5.75 Å². The molecule has 0 spiro atoms. The number of rotatable bonds is 4. The van der Waals surface area contributed by atoms with Crippen molar-refractivity contribution in [3.05, 3.63) is 52.6 Å². The van der Waals surface area contributed by atoms with Crippen LogP contribution < -0.4 is 16.0 Å². The van der Waals surface area contributed by atoms with E-state index in [1.165, 1.54) is 56.2 Å². The molecule has 186 valence electrons. The molecule has 6 nitrogen and oxygen atoms in total. The Morgan fingerprint density at radius 1 is 1.09 bits per heavy atom. The largest absolute Gasteiger partial charge is 0.508 e. The normalized spacial score (nSPS) is 27.7. The third-order valence-corrected chi connectivity index (χ3v) is 8.81. The molecule has 3 aliphatic heterocycles. The Hall–Kier alpha value is -2.73. The van der Waals surface area contributed by atoms with E-state index in [0.717, 1.165) is 54.0 Å². The van der Waals surface area contributed by atoms with Gasteiger partial charge in [-0.05, 0) is 85.9 Å². The van der Waals surface area contributed by atoms with Crippen LogP contribution >= 0.6 is 0 Å². The second kappa shape index (κ2) is 9.38. The van der Waals surface area contributed by atoms with Crippen molar-refractivity contribution in [1.82, 2.24) is 10.2 Å². The first-order valence-electron chi connectivity index (χ1n) is 13.6. The number of nitrogens with zero attached hydrogens (tertiary/aromatic N) is 1. The number of amides is 1. The highest BCUT2D eigenvalue weighted by Gasteiger charge is 2.34. The fourth-order valence-corrected chi connectivity index (χ4v) is 7.05. The van der Waals surface area contributed by atoms with Gasteiger partial charge in [-0.25, -0.2) is 0 Å².